The van der Waals surface area contributed by atoms with Crippen LogP contribution in [0.4, 0.5) is 5.69 Å². The predicted molar refractivity (Wildman–Crippen MR) is 75.8 cm³/mol. The highest BCUT2D eigenvalue weighted by Gasteiger charge is 2.19. The monoisotopic (exact) mass is 272 g/mol. The Morgan fingerprint density at radius 1 is 1.59 bits per heavy atom. The Bertz CT molecular complexity index is 411. The number of nitrogens with two attached hydrogens (primary N) is 1. The summed E-state index contributed by atoms with van der Waals surface area (Å²) in [6.07, 6.45) is 2.02. The van der Waals surface area contributed by atoms with Gasteiger partial charge in [-0.15, -0.1) is 0 Å². The quantitative estimate of drug-likeness (QED) is 0.858. The molecule has 5 heteroatoms. The lowest BCUT2D eigenvalue weighted by atomic mass is 10.1. The van der Waals surface area contributed by atoms with Gasteiger partial charge in [-0.3, -0.25) is 4.79 Å². The molecule has 17 heavy (non-hydrogen) atoms. The van der Waals surface area contributed by atoms with Crippen LogP contribution in [0.5, 0.6) is 0 Å². The third kappa shape index (κ3) is 3.30. The molecule has 1 unspecified atom stereocenters. The lowest BCUT2D eigenvalue weighted by molar-refractivity contribution is 0.0758. The number of rotatable bonds is 4. The molecule has 1 amide bonds. The van der Waals surface area contributed by atoms with Gasteiger partial charge >= 0.3 is 0 Å². The van der Waals surface area contributed by atoms with Crippen LogP contribution in [0.3, 0.4) is 0 Å². The summed E-state index contributed by atoms with van der Waals surface area (Å²) in [5.74, 6) is 0.800. The van der Waals surface area contributed by atoms with Gasteiger partial charge in [-0.05, 0) is 25.3 Å². The Balaban J connectivity index is 2.93. The van der Waals surface area contributed by atoms with E-state index in [1.165, 1.54) is 0 Å². The van der Waals surface area contributed by atoms with Crippen molar-refractivity contribution in [1.82, 2.24) is 4.90 Å². The van der Waals surface area contributed by atoms with Crippen molar-refractivity contribution in [2.24, 2.45) is 0 Å². The average Bonchev–Trinajstić information content (AvgIpc) is 2.31. The fourth-order valence-electron chi connectivity index (χ4n) is 1.47. The molecule has 0 fully saturated rings. The lowest BCUT2D eigenvalue weighted by Gasteiger charge is -2.25. The van der Waals surface area contributed by atoms with Gasteiger partial charge in [0, 0.05) is 18.8 Å². The molecule has 0 bridgehead atoms. The summed E-state index contributed by atoms with van der Waals surface area (Å²) in [7, 11) is 1.78. The summed E-state index contributed by atoms with van der Waals surface area (Å²) in [4.78, 5) is 13.9. The van der Waals surface area contributed by atoms with Gasteiger partial charge in [-0.2, -0.15) is 11.8 Å². The Kier molecular flexibility index (Phi) is 5.15. The van der Waals surface area contributed by atoms with Crippen molar-refractivity contribution in [2.45, 2.75) is 13.0 Å². The molecule has 0 radical (unpaired) electrons. The maximum atomic E-state index is 12.2. The van der Waals surface area contributed by atoms with Gasteiger partial charge in [0.25, 0.3) is 5.91 Å². The van der Waals surface area contributed by atoms with Crippen LogP contribution in [0.2, 0.25) is 5.02 Å². The number of benzene rings is 1. The Labute approximate surface area is 111 Å². The van der Waals surface area contributed by atoms with Crippen LogP contribution >= 0.6 is 23.4 Å². The molecular weight excluding hydrogens is 256 g/mol. The van der Waals surface area contributed by atoms with E-state index < -0.39 is 0 Å². The van der Waals surface area contributed by atoms with Crippen LogP contribution in [-0.4, -0.2) is 35.9 Å². The van der Waals surface area contributed by atoms with Gasteiger partial charge in [0.1, 0.15) is 0 Å². The second kappa shape index (κ2) is 6.17. The normalized spacial score (nSPS) is 12.2. The zero-order chi connectivity index (χ0) is 13.0. The Morgan fingerprint density at radius 3 is 2.82 bits per heavy atom. The van der Waals surface area contributed by atoms with Crippen molar-refractivity contribution in [2.75, 3.05) is 24.8 Å². The molecule has 0 saturated carbocycles. The molecule has 94 valence electrons. The van der Waals surface area contributed by atoms with Gasteiger partial charge in [0.15, 0.2) is 0 Å². The van der Waals surface area contributed by atoms with Gasteiger partial charge in [-0.25, -0.2) is 0 Å². The number of thioether (sulfide) groups is 1. The standard InChI is InChI=1S/C12H17ClN2OS/c1-8(7-17-3)15(2)12(16)9-5-4-6-10(13)11(9)14/h4-6,8H,7,14H2,1-3H3. The predicted octanol–water partition coefficient (Wildman–Crippen LogP) is 2.75. The molecule has 0 saturated heterocycles. The molecular formula is C12H17ClN2OS. The van der Waals surface area contributed by atoms with E-state index >= 15 is 0 Å². The number of hydrogen-bond acceptors (Lipinski definition) is 3. The first-order valence-electron chi connectivity index (χ1n) is 5.29. The molecule has 0 heterocycles. The molecule has 0 spiro atoms. The summed E-state index contributed by atoms with van der Waals surface area (Å²) in [5.41, 5.74) is 6.63. The van der Waals surface area contributed by atoms with Crippen molar-refractivity contribution in [3.8, 4) is 0 Å². The molecule has 0 aromatic heterocycles. The lowest BCUT2D eigenvalue weighted by Crippen LogP contribution is -2.36. The van der Waals surface area contributed by atoms with E-state index in [4.69, 9.17) is 17.3 Å². The van der Waals surface area contributed by atoms with Crippen LogP contribution in [-0.2, 0) is 0 Å². The smallest absolute Gasteiger partial charge is 0.256 e. The van der Waals surface area contributed by atoms with E-state index in [0.717, 1.165) is 5.75 Å². The highest BCUT2D eigenvalue weighted by Crippen LogP contribution is 2.24. The van der Waals surface area contributed by atoms with Crippen molar-refractivity contribution >= 4 is 35.0 Å². The Morgan fingerprint density at radius 2 is 2.24 bits per heavy atom. The largest absolute Gasteiger partial charge is 0.397 e. The summed E-state index contributed by atoms with van der Waals surface area (Å²) < 4.78 is 0. The highest BCUT2D eigenvalue weighted by molar-refractivity contribution is 7.98. The molecule has 0 aliphatic heterocycles. The summed E-state index contributed by atoms with van der Waals surface area (Å²) in [6, 6.07) is 5.28. The summed E-state index contributed by atoms with van der Waals surface area (Å²) in [5, 5.41) is 0.418. The van der Waals surface area contributed by atoms with E-state index in [0.29, 0.717) is 16.3 Å². The number of carbonyl (C=O) groups is 1. The second-order valence-electron chi connectivity index (χ2n) is 3.92. The van der Waals surface area contributed by atoms with E-state index in [-0.39, 0.29) is 11.9 Å². The number of para-hydroxylation sites is 1. The van der Waals surface area contributed by atoms with E-state index in [1.807, 2.05) is 13.2 Å². The first-order valence-corrected chi connectivity index (χ1v) is 7.06. The summed E-state index contributed by atoms with van der Waals surface area (Å²) in [6.45, 7) is 2.01. The number of carbonyl (C=O) groups excluding carboxylic acids is 1. The van der Waals surface area contributed by atoms with Crippen molar-refractivity contribution in [1.29, 1.82) is 0 Å². The SMILES string of the molecule is CSCC(C)N(C)C(=O)c1cccc(Cl)c1N. The molecule has 1 aromatic rings. The number of nitrogens with zero attached hydrogens (tertiary/aromatic N) is 1. The van der Waals surface area contributed by atoms with E-state index in [1.54, 1.807) is 41.9 Å². The van der Waals surface area contributed by atoms with Gasteiger partial charge < -0.3 is 10.6 Å². The molecule has 3 nitrogen and oxygen atoms in total. The van der Waals surface area contributed by atoms with Crippen molar-refractivity contribution in [3.05, 3.63) is 28.8 Å². The molecule has 0 aliphatic carbocycles. The van der Waals surface area contributed by atoms with Crippen LogP contribution in [0.15, 0.2) is 18.2 Å². The van der Waals surface area contributed by atoms with Crippen LogP contribution in [0.25, 0.3) is 0 Å². The Hall–Kier alpha value is -0.870. The number of halogens is 1. The van der Waals surface area contributed by atoms with Crippen molar-refractivity contribution in [3.63, 3.8) is 0 Å². The minimum absolute atomic E-state index is 0.0912. The van der Waals surface area contributed by atoms with Gasteiger partial charge in [0.05, 0.1) is 16.3 Å². The molecule has 1 atom stereocenters. The minimum atomic E-state index is -0.0912. The third-order valence-corrected chi connectivity index (χ3v) is 3.82. The maximum Gasteiger partial charge on any atom is 0.256 e. The van der Waals surface area contributed by atoms with Crippen LogP contribution < -0.4 is 5.73 Å². The molecule has 0 aliphatic rings. The van der Waals surface area contributed by atoms with E-state index in [2.05, 4.69) is 0 Å². The van der Waals surface area contributed by atoms with Gasteiger partial charge in [-0.1, -0.05) is 17.7 Å². The zero-order valence-corrected chi connectivity index (χ0v) is 11.8. The fourth-order valence-corrected chi connectivity index (χ4v) is 2.35. The summed E-state index contributed by atoms with van der Waals surface area (Å²) >= 11 is 7.61. The number of amides is 1. The van der Waals surface area contributed by atoms with Crippen LogP contribution in [0.1, 0.15) is 17.3 Å². The average molecular weight is 273 g/mol. The number of anilines is 1. The van der Waals surface area contributed by atoms with Crippen LogP contribution in [0, 0.1) is 0 Å². The minimum Gasteiger partial charge on any atom is -0.397 e. The van der Waals surface area contributed by atoms with Gasteiger partial charge in [0.2, 0.25) is 0 Å². The number of nitrogen functional groups attached to an aromatic ring is 1. The maximum absolute atomic E-state index is 12.2. The second-order valence-corrected chi connectivity index (χ2v) is 5.24. The zero-order valence-electron chi connectivity index (χ0n) is 10.2. The molecule has 2 N–H and O–H groups in total. The first kappa shape index (κ1) is 14.2. The van der Waals surface area contributed by atoms with E-state index in [9.17, 15) is 4.79 Å². The molecule has 1 rings (SSSR count). The highest BCUT2D eigenvalue weighted by atomic mass is 35.5. The number of hydrogen-bond donors (Lipinski definition) is 1. The van der Waals surface area contributed by atoms with Crippen molar-refractivity contribution < 1.29 is 4.79 Å². The fraction of sp³-hybridized carbons (Fsp3) is 0.417. The third-order valence-electron chi connectivity index (χ3n) is 2.67. The topological polar surface area (TPSA) is 46.3 Å². The first-order chi connectivity index (χ1) is 7.99. The molecule has 1 aromatic carbocycles.